The van der Waals surface area contributed by atoms with Gasteiger partial charge in [0, 0.05) is 6.92 Å². The number of nitroso groups, excluding NO2 is 1. The first kappa shape index (κ1) is 11.3. The number of ketones is 1. The summed E-state index contributed by atoms with van der Waals surface area (Å²) in [6.07, 6.45) is 0. The van der Waals surface area contributed by atoms with Gasteiger partial charge >= 0.3 is 0 Å². The maximum Gasteiger partial charge on any atom is 0.237 e. The number of hydrogen-bond acceptors (Lipinski definition) is 5. The molecule has 2 rings (SSSR count). The molecule has 0 bridgehead atoms. The third-order valence-corrected chi connectivity index (χ3v) is 2.99. The van der Waals surface area contributed by atoms with Crippen molar-refractivity contribution >= 4 is 17.1 Å². The van der Waals surface area contributed by atoms with E-state index in [2.05, 4.69) is 15.5 Å². The van der Waals surface area contributed by atoms with E-state index in [1.165, 1.54) is 11.6 Å². The van der Waals surface area contributed by atoms with Crippen LogP contribution in [0.1, 0.15) is 16.7 Å². The van der Waals surface area contributed by atoms with Crippen LogP contribution in [0.5, 0.6) is 0 Å². The van der Waals surface area contributed by atoms with E-state index in [4.69, 9.17) is 0 Å². The molecule has 2 aromatic rings. The zero-order chi connectivity index (χ0) is 12.3. The topological polar surface area (TPSA) is 76.7 Å². The largest absolute Gasteiger partial charge is 0.292 e. The molecule has 7 heteroatoms. The van der Waals surface area contributed by atoms with Crippen molar-refractivity contribution in [3.63, 3.8) is 0 Å². The highest BCUT2D eigenvalue weighted by molar-refractivity contribution is 7.10. The molecule has 0 radical (unpaired) electrons. The average Bonchev–Trinajstić information content (AvgIpc) is 2.75. The van der Waals surface area contributed by atoms with Crippen molar-refractivity contribution in [2.24, 2.45) is 10.4 Å². The highest BCUT2D eigenvalue weighted by Crippen LogP contribution is 2.07. The molecule has 0 aliphatic carbocycles. The number of rotatable bonds is 3. The molecule has 0 N–H and O–H groups in total. The third kappa shape index (κ3) is 2.34. The monoisotopic (exact) mass is 248 g/mol. The zero-order valence-electron chi connectivity index (χ0n) is 8.90. The zero-order valence-corrected chi connectivity index (χ0v) is 9.72. The molecular weight excluding hydrogens is 240 g/mol. The van der Waals surface area contributed by atoms with E-state index >= 15 is 0 Å². The lowest BCUT2D eigenvalue weighted by molar-refractivity contribution is 0.101. The summed E-state index contributed by atoms with van der Waals surface area (Å²) in [5.41, 5.74) is 0.721. The number of aromatic nitrogens is 2. The SMILES string of the molecule is CC(=O)c1nn(-c2ccccc2)/c(=N/N=O)s1. The number of nitrogens with zero attached hydrogens (tertiary/aromatic N) is 4. The van der Waals surface area contributed by atoms with Gasteiger partial charge in [0.15, 0.2) is 10.8 Å². The smallest absolute Gasteiger partial charge is 0.237 e. The van der Waals surface area contributed by atoms with Gasteiger partial charge in [0.05, 0.1) is 11.0 Å². The molecule has 17 heavy (non-hydrogen) atoms. The van der Waals surface area contributed by atoms with Crippen molar-refractivity contribution in [3.8, 4) is 5.69 Å². The number of carbonyl (C=O) groups excluding carboxylic acids is 1. The molecule has 86 valence electrons. The van der Waals surface area contributed by atoms with Crippen molar-refractivity contribution < 1.29 is 4.79 Å². The molecule has 0 saturated carbocycles. The Hall–Kier alpha value is -2.15. The van der Waals surface area contributed by atoms with Gasteiger partial charge in [-0.3, -0.25) is 4.79 Å². The normalized spacial score (nSPS) is 11.5. The lowest BCUT2D eigenvalue weighted by Gasteiger charge is -1.98. The van der Waals surface area contributed by atoms with Gasteiger partial charge in [0.1, 0.15) is 0 Å². The first-order chi connectivity index (χ1) is 8.22. The maximum atomic E-state index is 11.2. The Kier molecular flexibility index (Phi) is 3.20. The van der Waals surface area contributed by atoms with Crippen molar-refractivity contribution in [2.75, 3.05) is 0 Å². The number of para-hydroxylation sites is 1. The summed E-state index contributed by atoms with van der Waals surface area (Å²) in [6, 6.07) is 9.11. The molecule has 0 aliphatic rings. The first-order valence-electron chi connectivity index (χ1n) is 4.75. The predicted octanol–water partition coefficient (Wildman–Crippen LogP) is 1.72. The molecule has 0 amide bonds. The molecule has 0 atom stereocenters. The summed E-state index contributed by atoms with van der Waals surface area (Å²) >= 11 is 1.03. The molecule has 0 fully saturated rings. The van der Waals surface area contributed by atoms with Gasteiger partial charge in [-0.1, -0.05) is 34.6 Å². The Bertz CT molecular complexity index is 615. The Morgan fingerprint density at radius 2 is 2.06 bits per heavy atom. The van der Waals surface area contributed by atoms with Crippen LogP contribution in [0.15, 0.2) is 40.7 Å². The summed E-state index contributed by atoms with van der Waals surface area (Å²) < 4.78 is 1.42. The van der Waals surface area contributed by atoms with E-state index in [0.29, 0.717) is 0 Å². The van der Waals surface area contributed by atoms with Crippen LogP contribution in [0.25, 0.3) is 5.69 Å². The summed E-state index contributed by atoms with van der Waals surface area (Å²) in [4.78, 5) is 21.7. The minimum Gasteiger partial charge on any atom is -0.292 e. The molecule has 0 aliphatic heterocycles. The fourth-order valence-electron chi connectivity index (χ4n) is 1.26. The first-order valence-corrected chi connectivity index (χ1v) is 5.57. The lowest BCUT2D eigenvalue weighted by Crippen LogP contribution is -2.13. The summed E-state index contributed by atoms with van der Waals surface area (Å²) in [7, 11) is 0. The van der Waals surface area contributed by atoms with Crippen LogP contribution >= 0.6 is 11.3 Å². The number of hydrogen-bond donors (Lipinski definition) is 0. The van der Waals surface area contributed by atoms with Crippen molar-refractivity contribution in [2.45, 2.75) is 6.92 Å². The predicted molar refractivity (Wildman–Crippen MR) is 62.8 cm³/mol. The van der Waals surface area contributed by atoms with Gasteiger partial charge in [-0.25, -0.2) is 4.68 Å². The van der Waals surface area contributed by atoms with E-state index in [1.54, 1.807) is 12.1 Å². The minimum absolute atomic E-state index is 0.174. The van der Waals surface area contributed by atoms with Gasteiger partial charge in [-0.2, -0.15) is 5.10 Å². The summed E-state index contributed by atoms with van der Waals surface area (Å²) in [6.45, 7) is 1.41. The molecule has 1 heterocycles. The van der Waals surface area contributed by atoms with Crippen LogP contribution in [0.2, 0.25) is 0 Å². The van der Waals surface area contributed by atoms with Crippen LogP contribution in [-0.4, -0.2) is 15.6 Å². The van der Waals surface area contributed by atoms with Crippen molar-refractivity contribution in [1.29, 1.82) is 0 Å². The van der Waals surface area contributed by atoms with E-state index in [0.717, 1.165) is 17.0 Å². The highest BCUT2D eigenvalue weighted by atomic mass is 32.1. The van der Waals surface area contributed by atoms with Crippen molar-refractivity contribution in [3.05, 3.63) is 45.0 Å². The van der Waals surface area contributed by atoms with Crippen LogP contribution in [-0.2, 0) is 0 Å². The molecule has 0 saturated heterocycles. The van der Waals surface area contributed by atoms with Crippen LogP contribution in [0.3, 0.4) is 0 Å². The molecule has 0 spiro atoms. The van der Waals surface area contributed by atoms with E-state index in [1.807, 2.05) is 18.2 Å². The molecule has 1 aromatic heterocycles. The molecule has 6 nitrogen and oxygen atoms in total. The van der Waals surface area contributed by atoms with Gasteiger partial charge in [0.2, 0.25) is 4.80 Å². The Labute approximate surface area is 100 Å². The number of carbonyl (C=O) groups is 1. The average molecular weight is 248 g/mol. The Balaban J connectivity index is 2.64. The van der Waals surface area contributed by atoms with Crippen LogP contribution in [0, 0.1) is 4.91 Å². The number of Topliss-reactive ketones (excluding diaryl/α,β-unsaturated/α-hetero) is 1. The summed E-state index contributed by atoms with van der Waals surface area (Å²) in [5.74, 6) is -0.174. The Morgan fingerprint density at radius 3 is 2.65 bits per heavy atom. The quantitative estimate of drug-likeness (QED) is 0.471. The van der Waals surface area contributed by atoms with E-state index < -0.39 is 0 Å². The van der Waals surface area contributed by atoms with Crippen molar-refractivity contribution in [1.82, 2.24) is 9.78 Å². The molecule has 1 aromatic carbocycles. The maximum absolute atomic E-state index is 11.2. The van der Waals surface area contributed by atoms with Crippen LogP contribution in [0.4, 0.5) is 0 Å². The fraction of sp³-hybridized carbons (Fsp3) is 0.100. The van der Waals surface area contributed by atoms with Gasteiger partial charge in [-0.05, 0) is 12.1 Å². The molecule has 0 unspecified atom stereocenters. The lowest BCUT2D eigenvalue weighted by atomic mass is 10.3. The number of benzene rings is 1. The summed E-state index contributed by atoms with van der Waals surface area (Å²) in [5, 5.41) is 10.3. The van der Waals surface area contributed by atoms with E-state index in [-0.39, 0.29) is 15.6 Å². The second-order valence-corrected chi connectivity index (χ2v) is 4.13. The third-order valence-electron chi connectivity index (χ3n) is 1.99. The fourth-order valence-corrected chi connectivity index (χ4v) is 2.01. The van der Waals surface area contributed by atoms with Gasteiger partial charge in [0.25, 0.3) is 0 Å². The second kappa shape index (κ2) is 4.79. The van der Waals surface area contributed by atoms with Gasteiger partial charge in [-0.15, -0.1) is 4.91 Å². The Morgan fingerprint density at radius 1 is 1.35 bits per heavy atom. The second-order valence-electron chi connectivity index (χ2n) is 3.17. The van der Waals surface area contributed by atoms with E-state index in [9.17, 15) is 9.70 Å². The van der Waals surface area contributed by atoms with Gasteiger partial charge < -0.3 is 0 Å². The highest BCUT2D eigenvalue weighted by Gasteiger charge is 2.10. The minimum atomic E-state index is -0.174. The molecular formula is C10H8N4O2S. The standard InChI is InChI=1S/C10H8N4O2S/c1-7(15)9-12-14(10(17-9)11-13-16)8-5-3-2-4-6-8/h2-6H,1H3/b11-10-. The van der Waals surface area contributed by atoms with Crippen LogP contribution < -0.4 is 4.80 Å².